The van der Waals surface area contributed by atoms with Crippen LogP contribution in [0.4, 0.5) is 0 Å². The van der Waals surface area contributed by atoms with E-state index in [0.717, 1.165) is 0 Å². The van der Waals surface area contributed by atoms with Crippen molar-refractivity contribution in [1.29, 1.82) is 0 Å². The highest BCUT2D eigenvalue weighted by Gasteiger charge is 2.19. The van der Waals surface area contributed by atoms with Crippen molar-refractivity contribution in [2.75, 3.05) is 26.7 Å². The summed E-state index contributed by atoms with van der Waals surface area (Å²) in [6.45, 7) is 4.13. The Hall–Kier alpha value is -0.860. The molecule has 0 aliphatic carbocycles. The average molecular weight is 220 g/mol. The summed E-state index contributed by atoms with van der Waals surface area (Å²) in [4.78, 5) is 1.81. The van der Waals surface area contributed by atoms with Crippen LogP contribution in [0.5, 0.6) is 0 Å². The SMILES string of the molecule is C[NH2+][C@@H](CC[NH+]1CCCC1)c1ccccc1. The molecule has 1 heterocycles. The summed E-state index contributed by atoms with van der Waals surface area (Å²) < 4.78 is 0. The van der Waals surface area contributed by atoms with Crippen LogP contribution in [0.1, 0.15) is 30.9 Å². The second kappa shape index (κ2) is 6.02. The first-order valence-electron chi connectivity index (χ1n) is 6.58. The van der Waals surface area contributed by atoms with Crippen LogP contribution in [0, 0.1) is 0 Å². The van der Waals surface area contributed by atoms with Crippen LogP contribution in [0.15, 0.2) is 30.3 Å². The predicted octanol–water partition coefficient (Wildman–Crippen LogP) is -0.0103. The zero-order valence-corrected chi connectivity index (χ0v) is 10.3. The molecule has 88 valence electrons. The molecule has 1 atom stereocenters. The van der Waals surface area contributed by atoms with Crippen molar-refractivity contribution in [1.82, 2.24) is 0 Å². The van der Waals surface area contributed by atoms with Crippen molar-refractivity contribution in [3.8, 4) is 0 Å². The zero-order chi connectivity index (χ0) is 11.2. The number of quaternary nitrogens is 2. The fourth-order valence-corrected chi connectivity index (χ4v) is 2.71. The molecule has 0 bridgehead atoms. The van der Waals surface area contributed by atoms with Crippen LogP contribution in [0.2, 0.25) is 0 Å². The van der Waals surface area contributed by atoms with Gasteiger partial charge in [0, 0.05) is 18.4 Å². The van der Waals surface area contributed by atoms with E-state index in [0.29, 0.717) is 6.04 Å². The molecule has 2 rings (SSSR count). The van der Waals surface area contributed by atoms with Crippen molar-refractivity contribution in [3.63, 3.8) is 0 Å². The first kappa shape index (κ1) is 11.6. The zero-order valence-electron chi connectivity index (χ0n) is 10.3. The summed E-state index contributed by atoms with van der Waals surface area (Å²) in [6.07, 6.45) is 4.16. The van der Waals surface area contributed by atoms with E-state index in [9.17, 15) is 0 Å². The summed E-state index contributed by atoms with van der Waals surface area (Å²) in [5.41, 5.74) is 1.48. The molecule has 2 nitrogen and oxygen atoms in total. The Balaban J connectivity index is 1.85. The maximum Gasteiger partial charge on any atom is 0.117 e. The maximum absolute atomic E-state index is 2.35. The van der Waals surface area contributed by atoms with E-state index in [-0.39, 0.29) is 0 Å². The van der Waals surface area contributed by atoms with E-state index in [1.54, 1.807) is 0 Å². The lowest BCUT2D eigenvalue weighted by atomic mass is 10.0. The highest BCUT2D eigenvalue weighted by atomic mass is 15.1. The third kappa shape index (κ3) is 3.06. The first-order chi connectivity index (χ1) is 7.90. The van der Waals surface area contributed by atoms with E-state index in [2.05, 4.69) is 42.7 Å². The lowest BCUT2D eigenvalue weighted by Crippen LogP contribution is -3.10. The third-order valence-electron chi connectivity index (χ3n) is 3.75. The largest absolute Gasteiger partial charge is 0.342 e. The van der Waals surface area contributed by atoms with Gasteiger partial charge >= 0.3 is 0 Å². The van der Waals surface area contributed by atoms with Gasteiger partial charge in [0.15, 0.2) is 0 Å². The molecule has 0 saturated carbocycles. The minimum Gasteiger partial charge on any atom is -0.342 e. The minimum atomic E-state index is 0.648. The molecule has 0 spiro atoms. The molecular weight excluding hydrogens is 196 g/mol. The van der Waals surface area contributed by atoms with E-state index in [4.69, 9.17) is 0 Å². The molecule has 0 amide bonds. The van der Waals surface area contributed by atoms with Crippen LogP contribution in [-0.4, -0.2) is 26.7 Å². The highest BCUT2D eigenvalue weighted by Crippen LogP contribution is 2.10. The number of nitrogens with two attached hydrogens (primary N) is 1. The van der Waals surface area contributed by atoms with Gasteiger partial charge in [-0.25, -0.2) is 0 Å². The Morgan fingerprint density at radius 2 is 1.88 bits per heavy atom. The van der Waals surface area contributed by atoms with Gasteiger partial charge in [-0.15, -0.1) is 0 Å². The Labute approximate surface area is 98.7 Å². The number of hydrogen-bond donors (Lipinski definition) is 2. The lowest BCUT2D eigenvalue weighted by Gasteiger charge is -2.16. The van der Waals surface area contributed by atoms with E-state index >= 15 is 0 Å². The van der Waals surface area contributed by atoms with Crippen LogP contribution < -0.4 is 10.2 Å². The Bertz CT molecular complexity index is 291. The van der Waals surface area contributed by atoms with Crippen LogP contribution in [-0.2, 0) is 0 Å². The average Bonchev–Trinajstić information content (AvgIpc) is 2.84. The molecule has 1 fully saturated rings. The van der Waals surface area contributed by atoms with E-state index < -0.39 is 0 Å². The summed E-state index contributed by atoms with van der Waals surface area (Å²) >= 11 is 0. The van der Waals surface area contributed by atoms with Crippen molar-refractivity contribution in [2.24, 2.45) is 0 Å². The van der Waals surface area contributed by atoms with Gasteiger partial charge in [0.1, 0.15) is 6.04 Å². The Morgan fingerprint density at radius 3 is 2.50 bits per heavy atom. The molecule has 0 unspecified atom stereocenters. The van der Waals surface area contributed by atoms with Crippen LogP contribution >= 0.6 is 0 Å². The maximum atomic E-state index is 2.35. The molecule has 2 heteroatoms. The third-order valence-corrected chi connectivity index (χ3v) is 3.75. The smallest absolute Gasteiger partial charge is 0.117 e. The molecule has 1 aromatic rings. The fraction of sp³-hybridized carbons (Fsp3) is 0.571. The number of nitrogens with one attached hydrogen (secondary N) is 1. The van der Waals surface area contributed by atoms with Gasteiger partial charge in [0.2, 0.25) is 0 Å². The molecule has 0 radical (unpaired) electrons. The molecule has 1 saturated heterocycles. The van der Waals surface area contributed by atoms with Gasteiger partial charge in [-0.05, 0) is 0 Å². The summed E-state index contributed by atoms with van der Waals surface area (Å²) in [6, 6.07) is 11.5. The Morgan fingerprint density at radius 1 is 1.19 bits per heavy atom. The molecule has 1 aliphatic heterocycles. The second-order valence-corrected chi connectivity index (χ2v) is 4.85. The molecule has 3 N–H and O–H groups in total. The molecule has 0 aromatic heterocycles. The van der Waals surface area contributed by atoms with Gasteiger partial charge < -0.3 is 10.2 Å². The predicted molar refractivity (Wildman–Crippen MR) is 66.4 cm³/mol. The van der Waals surface area contributed by atoms with Crippen molar-refractivity contribution >= 4 is 0 Å². The molecule has 1 aliphatic rings. The monoisotopic (exact) mass is 220 g/mol. The van der Waals surface area contributed by atoms with Crippen molar-refractivity contribution in [2.45, 2.75) is 25.3 Å². The van der Waals surface area contributed by atoms with Crippen LogP contribution in [0.3, 0.4) is 0 Å². The summed E-state index contributed by atoms with van der Waals surface area (Å²) in [7, 11) is 2.19. The molecule has 1 aromatic carbocycles. The summed E-state index contributed by atoms with van der Waals surface area (Å²) in [5.74, 6) is 0. The molecular formula is C14H24N2+2. The van der Waals surface area contributed by atoms with Gasteiger partial charge in [0.25, 0.3) is 0 Å². The van der Waals surface area contributed by atoms with Crippen LogP contribution in [0.25, 0.3) is 0 Å². The number of benzene rings is 1. The van der Waals surface area contributed by atoms with Gasteiger partial charge in [0.05, 0.1) is 33.1 Å². The Kier molecular flexibility index (Phi) is 4.37. The van der Waals surface area contributed by atoms with Gasteiger partial charge in [-0.3, -0.25) is 0 Å². The lowest BCUT2D eigenvalue weighted by molar-refractivity contribution is -0.890. The standard InChI is InChI=1S/C14H22N2/c1-15-14(13-7-3-2-4-8-13)9-12-16-10-5-6-11-16/h2-4,7-8,14-15H,5-6,9-12H2,1H3/p+2/t14-/m0/s1. The number of rotatable bonds is 5. The van der Waals surface area contributed by atoms with Crippen molar-refractivity contribution in [3.05, 3.63) is 35.9 Å². The fourth-order valence-electron chi connectivity index (χ4n) is 2.71. The first-order valence-corrected chi connectivity index (χ1v) is 6.58. The second-order valence-electron chi connectivity index (χ2n) is 4.85. The quantitative estimate of drug-likeness (QED) is 0.696. The summed E-state index contributed by atoms with van der Waals surface area (Å²) in [5, 5.41) is 2.35. The van der Waals surface area contributed by atoms with Crippen molar-refractivity contribution < 1.29 is 10.2 Å². The van der Waals surface area contributed by atoms with E-state index in [1.807, 2.05) is 4.90 Å². The topological polar surface area (TPSA) is 21.1 Å². The highest BCUT2D eigenvalue weighted by molar-refractivity contribution is 5.16. The molecule has 16 heavy (non-hydrogen) atoms. The number of likely N-dealkylation sites (tertiary alicyclic amines) is 1. The van der Waals surface area contributed by atoms with Gasteiger partial charge in [-0.2, -0.15) is 0 Å². The number of hydrogen-bond acceptors (Lipinski definition) is 0. The normalized spacial score (nSPS) is 18.8. The minimum absolute atomic E-state index is 0.648. The van der Waals surface area contributed by atoms with E-state index in [1.165, 1.54) is 44.5 Å². The van der Waals surface area contributed by atoms with Gasteiger partial charge in [-0.1, -0.05) is 30.3 Å².